The van der Waals surface area contributed by atoms with Crippen LogP contribution in [0.2, 0.25) is 0 Å². The van der Waals surface area contributed by atoms with Gasteiger partial charge in [0, 0.05) is 18.7 Å². The second-order valence-corrected chi connectivity index (χ2v) is 5.01. The average molecular weight is 284 g/mol. The van der Waals surface area contributed by atoms with Crippen molar-refractivity contribution in [1.29, 1.82) is 0 Å². The Morgan fingerprint density at radius 2 is 1.80 bits per heavy atom. The molecule has 1 fully saturated rings. The van der Waals surface area contributed by atoms with Crippen molar-refractivity contribution in [1.82, 2.24) is 10.2 Å². The molecule has 0 aromatic heterocycles. The van der Waals surface area contributed by atoms with Crippen molar-refractivity contribution in [2.24, 2.45) is 0 Å². The number of halogens is 2. The van der Waals surface area contributed by atoms with Crippen LogP contribution in [0.3, 0.4) is 0 Å². The van der Waals surface area contributed by atoms with Gasteiger partial charge in [-0.15, -0.1) is 0 Å². The summed E-state index contributed by atoms with van der Waals surface area (Å²) in [5.41, 5.74) is 0.174. The van der Waals surface area contributed by atoms with E-state index in [9.17, 15) is 8.78 Å². The van der Waals surface area contributed by atoms with Gasteiger partial charge in [0.2, 0.25) is 0 Å². The predicted molar refractivity (Wildman–Crippen MR) is 74.8 cm³/mol. The molecule has 0 atom stereocenters. The highest BCUT2D eigenvalue weighted by Crippen LogP contribution is 2.11. The fraction of sp³-hybridized carbons (Fsp3) is 0.600. The molecule has 1 saturated heterocycles. The normalized spacial score (nSPS) is 16.5. The Morgan fingerprint density at radius 3 is 2.50 bits per heavy atom. The summed E-state index contributed by atoms with van der Waals surface area (Å²) in [7, 11) is 0. The summed E-state index contributed by atoms with van der Waals surface area (Å²) in [6.45, 7) is 6.15. The molecule has 1 aliphatic heterocycles. The summed E-state index contributed by atoms with van der Waals surface area (Å²) < 4.78 is 32.1. The van der Waals surface area contributed by atoms with Crippen molar-refractivity contribution >= 4 is 0 Å². The second kappa shape index (κ2) is 8.29. The molecule has 3 nitrogen and oxygen atoms in total. The van der Waals surface area contributed by atoms with Crippen molar-refractivity contribution < 1.29 is 13.5 Å². The number of nitrogens with one attached hydrogen (secondary N) is 1. The topological polar surface area (TPSA) is 24.5 Å². The molecule has 1 heterocycles. The van der Waals surface area contributed by atoms with E-state index in [-0.39, 0.29) is 5.56 Å². The third-order valence-electron chi connectivity index (χ3n) is 3.55. The van der Waals surface area contributed by atoms with Crippen LogP contribution in [0.1, 0.15) is 12.0 Å². The molecule has 0 spiro atoms. The van der Waals surface area contributed by atoms with Crippen LogP contribution in [0, 0.1) is 11.6 Å². The van der Waals surface area contributed by atoms with Crippen LogP contribution in [-0.4, -0.2) is 50.8 Å². The van der Waals surface area contributed by atoms with Gasteiger partial charge >= 0.3 is 0 Å². The van der Waals surface area contributed by atoms with Crippen LogP contribution in [-0.2, 0) is 11.2 Å². The zero-order valence-electron chi connectivity index (χ0n) is 11.7. The first kappa shape index (κ1) is 15.4. The fourth-order valence-electron chi connectivity index (χ4n) is 2.36. The molecule has 1 N–H and O–H groups in total. The van der Waals surface area contributed by atoms with Gasteiger partial charge in [-0.1, -0.05) is 6.07 Å². The third kappa shape index (κ3) is 4.81. The van der Waals surface area contributed by atoms with E-state index in [4.69, 9.17) is 4.74 Å². The van der Waals surface area contributed by atoms with E-state index >= 15 is 0 Å². The van der Waals surface area contributed by atoms with Gasteiger partial charge < -0.3 is 10.1 Å². The Hall–Kier alpha value is -1.04. The van der Waals surface area contributed by atoms with Gasteiger partial charge in [0.15, 0.2) is 0 Å². The molecule has 5 heteroatoms. The Balaban J connectivity index is 1.57. The number of rotatable bonds is 7. The molecule has 0 aliphatic carbocycles. The molecule has 2 rings (SSSR count). The molecule has 0 bridgehead atoms. The van der Waals surface area contributed by atoms with Gasteiger partial charge in [-0.3, -0.25) is 4.90 Å². The van der Waals surface area contributed by atoms with Gasteiger partial charge in [0.1, 0.15) is 11.6 Å². The number of hydrogen-bond donors (Lipinski definition) is 1. The minimum Gasteiger partial charge on any atom is -0.379 e. The van der Waals surface area contributed by atoms with Gasteiger partial charge in [0.05, 0.1) is 13.2 Å². The van der Waals surface area contributed by atoms with Gasteiger partial charge in [-0.25, -0.2) is 8.78 Å². The predicted octanol–water partition coefficient (Wildman–Crippen LogP) is 1.82. The molecule has 1 aromatic rings. The van der Waals surface area contributed by atoms with Crippen molar-refractivity contribution in [2.45, 2.75) is 12.8 Å². The van der Waals surface area contributed by atoms with Gasteiger partial charge in [-0.05, 0) is 44.6 Å². The quantitative estimate of drug-likeness (QED) is 0.773. The summed E-state index contributed by atoms with van der Waals surface area (Å²) in [6.07, 6.45) is 1.43. The lowest BCUT2D eigenvalue weighted by atomic mass is 10.1. The van der Waals surface area contributed by atoms with Crippen molar-refractivity contribution in [3.63, 3.8) is 0 Å². The molecular weight excluding hydrogens is 262 g/mol. The highest BCUT2D eigenvalue weighted by atomic mass is 19.1. The van der Waals surface area contributed by atoms with Crippen LogP contribution in [0.4, 0.5) is 8.78 Å². The first-order valence-electron chi connectivity index (χ1n) is 7.21. The maximum atomic E-state index is 13.4. The Bertz CT molecular complexity index is 389. The summed E-state index contributed by atoms with van der Waals surface area (Å²) >= 11 is 0. The smallest absolute Gasteiger partial charge is 0.129 e. The second-order valence-electron chi connectivity index (χ2n) is 5.01. The summed E-state index contributed by atoms with van der Waals surface area (Å²) in [5, 5.41) is 3.24. The highest BCUT2D eigenvalue weighted by molar-refractivity contribution is 5.19. The monoisotopic (exact) mass is 284 g/mol. The minimum atomic E-state index is -0.458. The van der Waals surface area contributed by atoms with E-state index < -0.39 is 11.6 Å². The molecular formula is C15H22F2N2O. The zero-order chi connectivity index (χ0) is 14.2. The molecule has 20 heavy (non-hydrogen) atoms. The number of hydrogen-bond acceptors (Lipinski definition) is 3. The first-order chi connectivity index (χ1) is 9.77. The Kier molecular flexibility index (Phi) is 6.36. The van der Waals surface area contributed by atoms with Crippen molar-refractivity contribution in [3.05, 3.63) is 35.4 Å². The van der Waals surface area contributed by atoms with Crippen LogP contribution in [0.25, 0.3) is 0 Å². The SMILES string of the molecule is Fc1cccc(F)c1CCNCCCN1CCOCC1. The van der Waals surface area contributed by atoms with Gasteiger partial charge in [-0.2, -0.15) is 0 Å². The lowest BCUT2D eigenvalue weighted by Crippen LogP contribution is -2.37. The van der Waals surface area contributed by atoms with Gasteiger partial charge in [0.25, 0.3) is 0 Å². The lowest BCUT2D eigenvalue weighted by molar-refractivity contribution is 0.0375. The third-order valence-corrected chi connectivity index (χ3v) is 3.55. The minimum absolute atomic E-state index is 0.174. The van der Waals surface area contributed by atoms with E-state index in [2.05, 4.69) is 10.2 Å². The molecule has 112 valence electrons. The molecule has 0 amide bonds. The zero-order valence-corrected chi connectivity index (χ0v) is 11.7. The van der Waals surface area contributed by atoms with Crippen LogP contribution in [0.5, 0.6) is 0 Å². The Morgan fingerprint density at radius 1 is 1.10 bits per heavy atom. The average Bonchev–Trinajstić information content (AvgIpc) is 2.46. The van der Waals surface area contributed by atoms with Crippen molar-refractivity contribution in [2.75, 3.05) is 45.9 Å². The maximum absolute atomic E-state index is 13.4. The lowest BCUT2D eigenvalue weighted by Gasteiger charge is -2.26. The number of benzene rings is 1. The number of morpholine rings is 1. The van der Waals surface area contributed by atoms with E-state index in [0.29, 0.717) is 13.0 Å². The molecule has 1 aliphatic rings. The largest absolute Gasteiger partial charge is 0.379 e. The summed E-state index contributed by atoms with van der Waals surface area (Å²) in [6, 6.07) is 4.00. The summed E-state index contributed by atoms with van der Waals surface area (Å²) in [4.78, 5) is 2.38. The highest BCUT2D eigenvalue weighted by Gasteiger charge is 2.09. The first-order valence-corrected chi connectivity index (χ1v) is 7.21. The molecule has 0 saturated carbocycles. The summed E-state index contributed by atoms with van der Waals surface area (Å²) in [5.74, 6) is -0.916. The van der Waals surface area contributed by atoms with E-state index in [0.717, 1.165) is 45.8 Å². The standard InChI is InChI=1S/C15H22F2N2O/c16-14-3-1-4-15(17)13(14)5-7-18-6-2-8-19-9-11-20-12-10-19/h1,3-4,18H,2,5-12H2. The van der Waals surface area contributed by atoms with Crippen LogP contribution >= 0.6 is 0 Å². The van der Waals surface area contributed by atoms with Crippen LogP contribution < -0.4 is 5.32 Å². The van der Waals surface area contributed by atoms with E-state index in [1.54, 1.807) is 0 Å². The molecule has 0 unspecified atom stereocenters. The van der Waals surface area contributed by atoms with Crippen LogP contribution in [0.15, 0.2) is 18.2 Å². The molecule has 0 radical (unpaired) electrons. The number of ether oxygens (including phenoxy) is 1. The van der Waals surface area contributed by atoms with E-state index in [1.165, 1.54) is 18.2 Å². The fourth-order valence-corrected chi connectivity index (χ4v) is 2.36. The van der Waals surface area contributed by atoms with E-state index in [1.807, 2.05) is 0 Å². The van der Waals surface area contributed by atoms with Crippen molar-refractivity contribution in [3.8, 4) is 0 Å². The molecule has 1 aromatic carbocycles. The number of nitrogens with zero attached hydrogens (tertiary/aromatic N) is 1. The maximum Gasteiger partial charge on any atom is 0.129 e. The Labute approximate surface area is 118 Å².